The molecule has 0 bridgehead atoms. The van der Waals surface area contributed by atoms with Crippen LogP contribution in [-0.2, 0) is 6.18 Å². The third-order valence-corrected chi connectivity index (χ3v) is 7.42. The first-order valence-corrected chi connectivity index (χ1v) is 12.4. The van der Waals surface area contributed by atoms with Crippen LogP contribution in [0.1, 0.15) is 51.4 Å². The number of benzene rings is 2. The number of hydrogen-bond acceptors (Lipinski definition) is 2. The Bertz CT molecular complexity index is 1480. The lowest BCUT2D eigenvalue weighted by Crippen LogP contribution is -2.29. The second kappa shape index (κ2) is 9.34. The lowest BCUT2D eigenvalue weighted by atomic mass is 9.96. The van der Waals surface area contributed by atoms with Crippen molar-refractivity contribution in [1.29, 1.82) is 0 Å². The van der Waals surface area contributed by atoms with Crippen molar-refractivity contribution in [2.75, 3.05) is 4.90 Å². The van der Waals surface area contributed by atoms with Crippen LogP contribution in [0.15, 0.2) is 72.9 Å². The van der Waals surface area contributed by atoms with Gasteiger partial charge in [-0.25, -0.2) is 0 Å². The van der Waals surface area contributed by atoms with Crippen molar-refractivity contribution < 1.29 is 13.2 Å². The second-order valence-corrected chi connectivity index (χ2v) is 9.83. The molecule has 1 fully saturated rings. The van der Waals surface area contributed by atoms with E-state index in [9.17, 15) is 13.2 Å². The molecule has 0 amide bonds. The molecule has 4 nitrogen and oxygen atoms in total. The molecule has 1 N–H and O–H groups in total. The molecule has 8 heteroatoms. The quantitative estimate of drug-likeness (QED) is 0.286. The van der Waals surface area contributed by atoms with Crippen LogP contribution in [-0.4, -0.2) is 14.7 Å². The van der Waals surface area contributed by atoms with Crippen LogP contribution in [0.4, 0.5) is 18.9 Å². The predicted molar refractivity (Wildman–Crippen MR) is 144 cm³/mol. The van der Waals surface area contributed by atoms with Crippen LogP contribution >= 0.6 is 12.2 Å². The molecule has 0 aliphatic carbocycles. The molecule has 190 valence electrons. The summed E-state index contributed by atoms with van der Waals surface area (Å²) in [5.74, 6) is 0. The first kappa shape index (κ1) is 25.0. The van der Waals surface area contributed by atoms with Crippen LogP contribution in [0.3, 0.4) is 0 Å². The van der Waals surface area contributed by atoms with Gasteiger partial charge in [-0.15, -0.1) is 0 Å². The fourth-order valence-electron chi connectivity index (χ4n) is 5.19. The number of aromatic nitrogens is 2. The third kappa shape index (κ3) is 4.39. The molecule has 1 aliphatic rings. The molecule has 0 unspecified atom stereocenters. The van der Waals surface area contributed by atoms with E-state index in [4.69, 9.17) is 12.2 Å². The van der Waals surface area contributed by atoms with Gasteiger partial charge in [0.2, 0.25) is 0 Å². The van der Waals surface area contributed by atoms with E-state index in [1.807, 2.05) is 44.2 Å². The molecule has 1 saturated heterocycles. The second-order valence-electron chi connectivity index (χ2n) is 9.44. The zero-order valence-electron chi connectivity index (χ0n) is 21.0. The number of rotatable bonds is 4. The molecule has 3 heterocycles. The Kier molecular flexibility index (Phi) is 6.31. The van der Waals surface area contributed by atoms with Crippen molar-refractivity contribution in [1.82, 2.24) is 14.9 Å². The average molecular weight is 521 g/mol. The number of pyridine rings is 1. The van der Waals surface area contributed by atoms with E-state index >= 15 is 0 Å². The number of anilines is 1. The molecule has 37 heavy (non-hydrogen) atoms. The summed E-state index contributed by atoms with van der Waals surface area (Å²) in [7, 11) is 0. The Morgan fingerprint density at radius 3 is 2.30 bits per heavy atom. The molecular weight excluding hydrogens is 493 g/mol. The summed E-state index contributed by atoms with van der Waals surface area (Å²) in [4.78, 5) is 6.65. The first-order valence-electron chi connectivity index (χ1n) is 12.0. The Morgan fingerprint density at radius 1 is 0.892 bits per heavy atom. The third-order valence-electron chi connectivity index (χ3n) is 7.11. The molecule has 4 aromatic rings. The number of nitrogens with one attached hydrogen (secondary N) is 1. The van der Waals surface area contributed by atoms with Crippen molar-refractivity contribution in [3.05, 3.63) is 112 Å². The van der Waals surface area contributed by atoms with Gasteiger partial charge in [0.25, 0.3) is 0 Å². The van der Waals surface area contributed by atoms with E-state index in [1.165, 1.54) is 17.7 Å². The molecule has 2 atom stereocenters. The largest absolute Gasteiger partial charge is 0.418 e. The monoisotopic (exact) mass is 520 g/mol. The summed E-state index contributed by atoms with van der Waals surface area (Å²) in [6, 6.07) is 18.9. The van der Waals surface area contributed by atoms with Gasteiger partial charge in [0.1, 0.15) is 0 Å². The molecule has 0 saturated carbocycles. The maximum absolute atomic E-state index is 13.9. The number of thiocarbonyl (C=S) groups is 1. The van der Waals surface area contributed by atoms with E-state index < -0.39 is 11.7 Å². The first-order chi connectivity index (χ1) is 17.6. The maximum atomic E-state index is 13.9. The minimum Gasteiger partial charge on any atom is -0.351 e. The van der Waals surface area contributed by atoms with E-state index in [0.29, 0.717) is 10.8 Å². The molecule has 5 rings (SSSR count). The molecule has 0 spiro atoms. The lowest BCUT2D eigenvalue weighted by molar-refractivity contribution is -0.137. The van der Waals surface area contributed by atoms with Gasteiger partial charge in [-0.2, -0.15) is 13.2 Å². The summed E-state index contributed by atoms with van der Waals surface area (Å²) in [5.41, 5.74) is 5.78. The van der Waals surface area contributed by atoms with Crippen LogP contribution < -0.4 is 10.2 Å². The van der Waals surface area contributed by atoms with Crippen molar-refractivity contribution in [2.24, 2.45) is 0 Å². The normalized spacial score (nSPS) is 17.8. The van der Waals surface area contributed by atoms with Crippen LogP contribution in [0, 0.1) is 27.7 Å². The minimum absolute atomic E-state index is 0.108. The fourth-order valence-corrected chi connectivity index (χ4v) is 5.54. The smallest absolute Gasteiger partial charge is 0.351 e. The van der Waals surface area contributed by atoms with Crippen molar-refractivity contribution in [3.8, 4) is 5.69 Å². The van der Waals surface area contributed by atoms with Gasteiger partial charge in [-0.05, 0) is 99.1 Å². The highest BCUT2D eigenvalue weighted by molar-refractivity contribution is 7.80. The minimum atomic E-state index is -4.47. The van der Waals surface area contributed by atoms with E-state index in [-0.39, 0.29) is 17.8 Å². The van der Waals surface area contributed by atoms with E-state index in [0.717, 1.165) is 34.3 Å². The van der Waals surface area contributed by atoms with Crippen molar-refractivity contribution in [3.63, 3.8) is 0 Å². The van der Waals surface area contributed by atoms with Gasteiger partial charge < -0.3 is 14.8 Å². The summed E-state index contributed by atoms with van der Waals surface area (Å²) >= 11 is 5.83. The maximum Gasteiger partial charge on any atom is 0.418 e. The van der Waals surface area contributed by atoms with Gasteiger partial charge in [0.05, 0.1) is 29.0 Å². The number of halogens is 3. The van der Waals surface area contributed by atoms with E-state index in [1.54, 1.807) is 16.8 Å². The zero-order chi connectivity index (χ0) is 26.5. The fraction of sp³-hybridized carbons (Fsp3) is 0.241. The topological polar surface area (TPSA) is 33.1 Å². The van der Waals surface area contributed by atoms with Crippen LogP contribution in [0.25, 0.3) is 5.69 Å². The molecule has 1 aliphatic heterocycles. The predicted octanol–water partition coefficient (Wildman–Crippen LogP) is 7.30. The van der Waals surface area contributed by atoms with Crippen LogP contribution in [0.5, 0.6) is 0 Å². The number of alkyl halides is 3. The van der Waals surface area contributed by atoms with Gasteiger partial charge in [0.15, 0.2) is 5.11 Å². The average Bonchev–Trinajstić information content (AvgIpc) is 3.36. The Hall–Kier alpha value is -3.65. The SMILES string of the molecule is Cc1ccc(N2C(=S)N[C@@H](c3ccccn3)[C@@H]2c2cc(C)n(-c3ccccc3C(F)(F)F)c2C)cc1C. The van der Waals surface area contributed by atoms with Crippen molar-refractivity contribution in [2.45, 2.75) is 46.0 Å². The van der Waals surface area contributed by atoms with Gasteiger partial charge in [-0.3, -0.25) is 4.98 Å². The standard InChI is InChI=1S/C29H27F3N4S/c1-17-12-13-21(15-18(17)2)36-27(26(34-28(36)37)24-10-7-8-14-33-24)22-16-19(3)35(20(22)4)25-11-6-5-9-23(25)29(30,31)32/h5-16,26-27H,1-4H3,(H,34,37)/t26-,27-/m0/s1. The number of nitrogens with zero attached hydrogens (tertiary/aromatic N) is 3. The Morgan fingerprint density at radius 2 is 1.62 bits per heavy atom. The van der Waals surface area contributed by atoms with Crippen molar-refractivity contribution >= 4 is 23.0 Å². The molecular formula is C29H27F3N4S. The number of para-hydroxylation sites is 1. The van der Waals surface area contributed by atoms with E-state index in [2.05, 4.69) is 41.2 Å². The number of aryl methyl sites for hydroxylation is 3. The molecule has 0 radical (unpaired) electrons. The lowest BCUT2D eigenvalue weighted by Gasteiger charge is -2.29. The highest BCUT2D eigenvalue weighted by Gasteiger charge is 2.43. The number of hydrogen-bond donors (Lipinski definition) is 1. The summed E-state index contributed by atoms with van der Waals surface area (Å²) in [6.45, 7) is 7.81. The van der Waals surface area contributed by atoms with Gasteiger partial charge in [-0.1, -0.05) is 24.3 Å². The van der Waals surface area contributed by atoms with Crippen LogP contribution in [0.2, 0.25) is 0 Å². The van der Waals surface area contributed by atoms with Gasteiger partial charge in [0, 0.05) is 23.3 Å². The molecule has 2 aromatic carbocycles. The Labute approximate surface area is 219 Å². The van der Waals surface area contributed by atoms with Gasteiger partial charge >= 0.3 is 6.18 Å². The summed E-state index contributed by atoms with van der Waals surface area (Å²) in [6.07, 6.45) is -2.74. The zero-order valence-corrected chi connectivity index (χ0v) is 21.8. The highest BCUT2D eigenvalue weighted by Crippen LogP contribution is 2.45. The molecule has 2 aromatic heterocycles. The summed E-state index contributed by atoms with van der Waals surface area (Å²) in [5, 5.41) is 3.98. The Balaban J connectivity index is 1.71. The summed E-state index contributed by atoms with van der Waals surface area (Å²) < 4.78 is 43.5. The highest BCUT2D eigenvalue weighted by atomic mass is 32.1.